The molecule has 8 rings (SSSR count). The summed E-state index contributed by atoms with van der Waals surface area (Å²) in [6.45, 7) is 3.18. The third-order valence-corrected chi connectivity index (χ3v) is 13.6. The first-order valence-corrected chi connectivity index (χ1v) is 22.2. The van der Waals surface area contributed by atoms with Crippen LogP contribution in [0.25, 0.3) is 10.9 Å². The minimum atomic E-state index is -1.25. The van der Waals surface area contributed by atoms with Gasteiger partial charge in [0.1, 0.15) is 35.3 Å². The number of halogens is 1. The zero-order valence-corrected chi connectivity index (χ0v) is 36.5. The first-order chi connectivity index (χ1) is 30.9. The summed E-state index contributed by atoms with van der Waals surface area (Å²) in [7, 11) is 2.03. The highest BCUT2D eigenvalue weighted by atomic mass is 35.5. The Labute approximate surface area is 374 Å². The molecule has 4 heterocycles. The molecule has 2 saturated carbocycles. The van der Waals surface area contributed by atoms with Gasteiger partial charge >= 0.3 is 0 Å². The van der Waals surface area contributed by atoms with Crippen LogP contribution in [0.2, 0.25) is 5.02 Å². The molecule has 2 aromatic carbocycles. The number of hydrogen-bond donors (Lipinski definition) is 3. The van der Waals surface area contributed by atoms with Gasteiger partial charge in [0.25, 0.3) is 23.6 Å². The molecule has 2 unspecified atom stereocenters. The van der Waals surface area contributed by atoms with Crippen LogP contribution < -0.4 is 25.2 Å². The summed E-state index contributed by atoms with van der Waals surface area (Å²) < 4.78 is 7.53. The molecule has 3 fully saturated rings. The molecule has 2 aromatic heterocycles. The molecular formula is C46H50ClN9O8. The number of aromatic nitrogens is 3. The van der Waals surface area contributed by atoms with Gasteiger partial charge in [0.2, 0.25) is 0 Å². The molecule has 4 aromatic rings. The third kappa shape index (κ3) is 8.64. The molecule has 18 heteroatoms. The summed E-state index contributed by atoms with van der Waals surface area (Å²) in [4.78, 5) is 83.8. The van der Waals surface area contributed by atoms with Crippen molar-refractivity contribution >= 4 is 69.2 Å². The smallest absolute Gasteiger partial charge is 0.278 e. The molecule has 334 valence electrons. The van der Waals surface area contributed by atoms with E-state index in [1.165, 1.54) is 0 Å². The van der Waals surface area contributed by atoms with Crippen molar-refractivity contribution in [2.75, 3.05) is 49.7 Å². The largest absolute Gasteiger partial charge is 0.484 e. The molecule has 0 radical (unpaired) electrons. The van der Waals surface area contributed by atoms with Gasteiger partial charge in [-0.2, -0.15) is 5.26 Å². The number of aliphatic hydroxyl groups is 1. The Morgan fingerprint density at radius 2 is 1.73 bits per heavy atom. The number of Topliss-reactive ketones (excluding diaryl/α,β-unsaturated/α-hetero) is 2. The lowest BCUT2D eigenvalue weighted by Gasteiger charge is -2.36. The van der Waals surface area contributed by atoms with E-state index in [4.69, 9.17) is 16.3 Å². The van der Waals surface area contributed by atoms with Crippen molar-refractivity contribution in [2.45, 2.75) is 83.0 Å². The van der Waals surface area contributed by atoms with Crippen LogP contribution in [0.4, 0.5) is 11.5 Å². The van der Waals surface area contributed by atoms with Crippen molar-refractivity contribution in [3.8, 4) is 11.8 Å². The van der Waals surface area contributed by atoms with Gasteiger partial charge in [0.05, 0.1) is 28.3 Å². The summed E-state index contributed by atoms with van der Waals surface area (Å²) >= 11 is 6.26. The number of ether oxygens (including phenoxy) is 1. The van der Waals surface area contributed by atoms with Crippen LogP contribution in [0.3, 0.4) is 0 Å². The number of anilines is 2. The van der Waals surface area contributed by atoms with Gasteiger partial charge < -0.3 is 34.8 Å². The SMILES string of the molecule is CCn1c2c(c3ccc(OCC(=O)NCC4CCN(c5ccc(C(=O)NC6CCC(N(C)c7ccc(C#N)c(Cl)c7)CC6)nn5)CC4)cc31)C(=O)N(C1CCC(=O)C(CO)C1=O)C2=O. The fourth-order valence-corrected chi connectivity index (χ4v) is 9.78. The van der Waals surface area contributed by atoms with E-state index in [1.807, 2.05) is 32.2 Å². The average Bonchev–Trinajstić information content (AvgIpc) is 3.77. The molecule has 4 aliphatic rings. The lowest BCUT2D eigenvalue weighted by Crippen LogP contribution is -2.52. The Bertz CT molecular complexity index is 2540. The Morgan fingerprint density at radius 1 is 0.969 bits per heavy atom. The van der Waals surface area contributed by atoms with Gasteiger partial charge in [0.15, 0.2) is 23.9 Å². The molecule has 2 aliphatic heterocycles. The van der Waals surface area contributed by atoms with Gasteiger partial charge in [-0.15, -0.1) is 10.2 Å². The maximum Gasteiger partial charge on any atom is 0.278 e. The fourth-order valence-electron chi connectivity index (χ4n) is 9.56. The van der Waals surface area contributed by atoms with E-state index >= 15 is 0 Å². The highest BCUT2D eigenvalue weighted by molar-refractivity contribution is 6.32. The van der Waals surface area contributed by atoms with Gasteiger partial charge in [-0.1, -0.05) is 11.6 Å². The molecule has 64 heavy (non-hydrogen) atoms. The van der Waals surface area contributed by atoms with Crippen LogP contribution >= 0.6 is 11.6 Å². The number of aliphatic hydroxyl groups excluding tert-OH is 1. The normalized spacial score (nSPS) is 21.5. The van der Waals surface area contributed by atoms with Crippen LogP contribution in [-0.4, -0.2) is 118 Å². The van der Waals surface area contributed by atoms with Crippen molar-refractivity contribution < 1.29 is 38.6 Å². The van der Waals surface area contributed by atoms with E-state index in [9.17, 15) is 39.1 Å². The van der Waals surface area contributed by atoms with Crippen molar-refractivity contribution in [2.24, 2.45) is 11.8 Å². The zero-order valence-electron chi connectivity index (χ0n) is 35.7. The monoisotopic (exact) mass is 891 g/mol. The second-order valence-electron chi connectivity index (χ2n) is 17.0. The number of imide groups is 1. The summed E-state index contributed by atoms with van der Waals surface area (Å²) in [5.74, 6) is -2.72. The number of hydrogen-bond acceptors (Lipinski definition) is 13. The molecule has 3 N–H and O–H groups in total. The van der Waals surface area contributed by atoms with Crippen LogP contribution in [0, 0.1) is 23.2 Å². The number of fused-ring (bicyclic) bond motifs is 3. The topological polar surface area (TPSA) is 220 Å². The van der Waals surface area contributed by atoms with Crippen molar-refractivity contribution in [3.63, 3.8) is 0 Å². The van der Waals surface area contributed by atoms with E-state index in [0.29, 0.717) is 65.3 Å². The Balaban J connectivity index is 0.769. The van der Waals surface area contributed by atoms with E-state index in [2.05, 4.69) is 36.7 Å². The summed E-state index contributed by atoms with van der Waals surface area (Å²) in [6, 6.07) is 15.3. The molecule has 1 saturated heterocycles. The quantitative estimate of drug-likeness (QED) is 0.128. The van der Waals surface area contributed by atoms with E-state index in [0.717, 1.165) is 49.1 Å². The molecule has 17 nitrogen and oxygen atoms in total. The second-order valence-corrected chi connectivity index (χ2v) is 17.4. The standard InChI is InChI=1S/C46H50ClN9O8/c1-3-55-37-21-31(10-11-32(37)41-42(55)46(63)56(45(41)62)36-13-14-38(58)33(24-57)43(36)60)64-25-40(59)49-23-26-16-18-54(19-17-26)39-15-12-35(51-52-39)44(61)50-28-5-8-29(9-6-28)53(2)30-7-4-27(22-48)34(47)20-30/h4,7,10-12,15,20-21,26,28-29,33,36,57H,3,5-6,8-9,13-14,16-19,23-25H2,1-2H3,(H,49,59)(H,50,61). The molecule has 0 bridgehead atoms. The zero-order chi connectivity index (χ0) is 45.2. The van der Waals surface area contributed by atoms with Crippen molar-refractivity contribution in [3.05, 3.63) is 76.1 Å². The first-order valence-electron chi connectivity index (χ1n) is 21.8. The number of nitrogens with zero attached hydrogens (tertiary/aromatic N) is 7. The summed E-state index contributed by atoms with van der Waals surface area (Å²) in [5, 5.41) is 34.4. The molecular weight excluding hydrogens is 842 g/mol. The number of piperidine rings is 1. The number of carbonyl (C=O) groups excluding carboxylic acids is 6. The molecule has 0 spiro atoms. The lowest BCUT2D eigenvalue weighted by atomic mass is 9.83. The maximum atomic E-state index is 13.7. The molecule has 2 aliphatic carbocycles. The van der Waals surface area contributed by atoms with Gasteiger partial charge in [-0.25, -0.2) is 0 Å². The molecule has 2 atom stereocenters. The predicted molar refractivity (Wildman–Crippen MR) is 235 cm³/mol. The van der Waals surface area contributed by atoms with Crippen molar-refractivity contribution in [1.29, 1.82) is 5.26 Å². The lowest BCUT2D eigenvalue weighted by molar-refractivity contribution is -0.140. The van der Waals surface area contributed by atoms with Gasteiger partial charge in [-0.3, -0.25) is 33.7 Å². The van der Waals surface area contributed by atoms with Gasteiger partial charge in [-0.05, 0) is 100 Å². The number of ketones is 2. The number of rotatable bonds is 13. The minimum absolute atomic E-state index is 0.0103. The number of nitrogens with one attached hydrogen (secondary N) is 2. The Hall–Kier alpha value is -6.38. The Morgan fingerprint density at radius 3 is 2.41 bits per heavy atom. The van der Waals surface area contributed by atoms with Crippen LogP contribution in [0.1, 0.15) is 95.2 Å². The summed E-state index contributed by atoms with van der Waals surface area (Å²) in [6.07, 6.45) is 5.10. The van der Waals surface area contributed by atoms with Crippen LogP contribution in [0.15, 0.2) is 48.5 Å². The Kier molecular flexibility index (Phi) is 13.0. The highest BCUT2D eigenvalue weighted by Crippen LogP contribution is 2.38. The van der Waals surface area contributed by atoms with Crippen LogP contribution in [0.5, 0.6) is 5.75 Å². The van der Waals surface area contributed by atoms with E-state index in [1.54, 1.807) is 34.9 Å². The molecule has 4 amide bonds. The number of benzene rings is 2. The van der Waals surface area contributed by atoms with E-state index in [-0.39, 0.29) is 60.2 Å². The van der Waals surface area contributed by atoms with Gasteiger partial charge in [0, 0.05) is 68.9 Å². The fraction of sp³-hybridized carbons (Fsp3) is 0.457. The van der Waals surface area contributed by atoms with Crippen LogP contribution in [-0.2, 0) is 20.9 Å². The average molecular weight is 892 g/mol. The van der Waals surface area contributed by atoms with E-state index < -0.39 is 41.9 Å². The number of amides is 4. The number of aryl methyl sites for hydroxylation is 1. The number of nitriles is 1. The number of carbonyl (C=O) groups is 6. The maximum absolute atomic E-state index is 13.7. The second kappa shape index (κ2) is 18.8. The highest BCUT2D eigenvalue weighted by Gasteiger charge is 2.50. The third-order valence-electron chi connectivity index (χ3n) is 13.3. The first kappa shape index (κ1) is 44.2. The minimum Gasteiger partial charge on any atom is -0.484 e. The summed E-state index contributed by atoms with van der Waals surface area (Å²) in [5.41, 5.74) is 2.58. The van der Waals surface area contributed by atoms with Crippen molar-refractivity contribution in [1.82, 2.24) is 30.3 Å². The predicted octanol–water partition coefficient (Wildman–Crippen LogP) is 4.07.